The summed E-state index contributed by atoms with van der Waals surface area (Å²) in [5.74, 6) is 0.891. The molecule has 0 unspecified atom stereocenters. The van der Waals surface area contributed by atoms with Gasteiger partial charge in [0.15, 0.2) is 0 Å². The molecule has 0 saturated heterocycles. The lowest BCUT2D eigenvalue weighted by molar-refractivity contribution is 0.616. The Labute approximate surface area is 111 Å². The van der Waals surface area contributed by atoms with Crippen molar-refractivity contribution in [2.45, 2.75) is 6.92 Å². The van der Waals surface area contributed by atoms with Crippen LogP contribution in [0.2, 0.25) is 0 Å². The van der Waals surface area contributed by atoms with E-state index < -0.39 is 0 Å². The number of fused-ring (bicyclic) bond motifs is 2. The van der Waals surface area contributed by atoms with Gasteiger partial charge in [-0.2, -0.15) is 0 Å². The van der Waals surface area contributed by atoms with Crippen molar-refractivity contribution >= 4 is 16.7 Å². The van der Waals surface area contributed by atoms with Gasteiger partial charge in [-0.05, 0) is 30.7 Å². The number of rotatable bonds is 0. The van der Waals surface area contributed by atoms with Crippen LogP contribution in [0, 0.1) is 6.92 Å². The molecule has 19 heavy (non-hydrogen) atoms. The third-order valence-electron chi connectivity index (χ3n) is 3.52. The largest absolute Gasteiger partial charge is 0.456 e. The molecule has 1 aliphatic heterocycles. The number of nitrogens with two attached hydrogens (primary N) is 1. The van der Waals surface area contributed by atoms with Crippen LogP contribution >= 0.6 is 0 Å². The van der Waals surface area contributed by atoms with Crippen LogP contribution in [0.3, 0.4) is 0 Å². The van der Waals surface area contributed by atoms with Crippen LogP contribution in [-0.2, 0) is 0 Å². The molecule has 96 valence electrons. The van der Waals surface area contributed by atoms with Gasteiger partial charge in [0.1, 0.15) is 25.4 Å². The third-order valence-corrected chi connectivity index (χ3v) is 3.52. The molecule has 3 heteroatoms. The monoisotopic (exact) mass is 253 g/mol. The molecule has 3 nitrogen and oxygen atoms in total. The smallest absolute Gasteiger partial charge is 0.203 e. The molecule has 0 aromatic heterocycles. The van der Waals surface area contributed by atoms with E-state index in [9.17, 15) is 0 Å². The number of aryl methyl sites for hydroxylation is 1. The van der Waals surface area contributed by atoms with Crippen LogP contribution in [-0.4, -0.2) is 14.1 Å². The van der Waals surface area contributed by atoms with Gasteiger partial charge in [-0.1, -0.05) is 0 Å². The first-order valence-corrected chi connectivity index (χ1v) is 6.29. The predicted molar refractivity (Wildman–Crippen MR) is 79.1 cm³/mol. The van der Waals surface area contributed by atoms with Gasteiger partial charge in [0.2, 0.25) is 5.36 Å². The highest BCUT2D eigenvalue weighted by Gasteiger charge is 2.13. The lowest BCUT2D eigenvalue weighted by Crippen LogP contribution is -2.21. The van der Waals surface area contributed by atoms with Gasteiger partial charge in [-0.15, -0.1) is 0 Å². The minimum atomic E-state index is 0.721. The number of hydrogen-bond acceptors (Lipinski definition) is 2. The average Bonchev–Trinajstić information content (AvgIpc) is 2.37. The summed E-state index contributed by atoms with van der Waals surface area (Å²) in [6.07, 6.45) is 0. The summed E-state index contributed by atoms with van der Waals surface area (Å²) < 4.78 is 8.06. The van der Waals surface area contributed by atoms with E-state index in [0.29, 0.717) is 0 Å². The second-order valence-electron chi connectivity index (χ2n) is 5.06. The van der Waals surface area contributed by atoms with Gasteiger partial charge in [0.05, 0.1) is 6.07 Å². The van der Waals surface area contributed by atoms with Crippen molar-refractivity contribution in [3.05, 3.63) is 47.3 Å². The van der Waals surface area contributed by atoms with E-state index in [1.54, 1.807) is 0 Å². The van der Waals surface area contributed by atoms with E-state index >= 15 is 0 Å². The fourth-order valence-corrected chi connectivity index (χ4v) is 2.38. The maximum absolute atomic E-state index is 5.99. The maximum atomic E-state index is 5.99. The molecule has 3 rings (SSSR count). The van der Waals surface area contributed by atoms with Crippen molar-refractivity contribution in [3.63, 3.8) is 0 Å². The fraction of sp³-hybridized carbons (Fsp3) is 0.188. The van der Waals surface area contributed by atoms with E-state index in [1.165, 1.54) is 5.56 Å². The summed E-state index contributed by atoms with van der Waals surface area (Å²) in [4.78, 5) is 0. The quantitative estimate of drug-likeness (QED) is 0.380. The number of nitrogen functional groups attached to an aromatic ring is 1. The van der Waals surface area contributed by atoms with Crippen molar-refractivity contribution in [1.29, 1.82) is 0 Å². The summed E-state index contributed by atoms with van der Waals surface area (Å²) >= 11 is 0. The second-order valence-corrected chi connectivity index (χ2v) is 5.06. The molecule has 0 amide bonds. The summed E-state index contributed by atoms with van der Waals surface area (Å²) in [5, 5.41) is 2.23. The Bertz CT molecular complexity index is 811. The van der Waals surface area contributed by atoms with E-state index in [1.807, 2.05) is 32.3 Å². The first-order chi connectivity index (χ1) is 9.06. The van der Waals surface area contributed by atoms with Gasteiger partial charge in [-0.3, -0.25) is 0 Å². The van der Waals surface area contributed by atoms with E-state index in [-0.39, 0.29) is 0 Å². The third kappa shape index (κ3) is 1.87. The molecule has 0 radical (unpaired) electrons. The SMILES string of the molecule is Cc1c2ccc(=[N+](C)C)cc-2oc2cc(N)ccc12. The van der Waals surface area contributed by atoms with E-state index in [2.05, 4.69) is 29.7 Å². The maximum Gasteiger partial charge on any atom is 0.203 e. The summed E-state index contributed by atoms with van der Waals surface area (Å²) in [7, 11) is 4.04. The van der Waals surface area contributed by atoms with Crippen LogP contribution in [0.15, 0.2) is 40.8 Å². The zero-order valence-electron chi connectivity index (χ0n) is 11.4. The minimum absolute atomic E-state index is 0.721. The van der Waals surface area contributed by atoms with Gasteiger partial charge < -0.3 is 10.2 Å². The van der Waals surface area contributed by atoms with Crippen molar-refractivity contribution in [3.8, 4) is 11.3 Å². The first kappa shape index (κ1) is 11.8. The first-order valence-electron chi connectivity index (χ1n) is 6.29. The summed E-state index contributed by atoms with van der Waals surface area (Å²) in [5.41, 5.74) is 9.75. The Kier molecular flexibility index (Phi) is 2.56. The van der Waals surface area contributed by atoms with Crippen LogP contribution in [0.4, 0.5) is 5.69 Å². The molecule has 2 aliphatic rings. The predicted octanol–water partition coefficient (Wildman–Crippen LogP) is 2.46. The molecule has 1 aromatic carbocycles. The number of nitrogens with zero attached hydrogens (tertiary/aromatic N) is 1. The molecule has 1 aromatic rings. The molecular weight excluding hydrogens is 236 g/mol. The van der Waals surface area contributed by atoms with Crippen molar-refractivity contribution < 1.29 is 4.42 Å². The Morgan fingerprint density at radius 3 is 2.58 bits per heavy atom. The van der Waals surface area contributed by atoms with Crippen molar-refractivity contribution in [1.82, 2.24) is 4.58 Å². The molecule has 1 heterocycles. The molecule has 0 fully saturated rings. The van der Waals surface area contributed by atoms with Gasteiger partial charge in [0.25, 0.3) is 0 Å². The molecule has 0 atom stereocenters. The number of hydrogen-bond donors (Lipinski definition) is 1. The van der Waals surface area contributed by atoms with Gasteiger partial charge >= 0.3 is 0 Å². The topological polar surface area (TPSA) is 42.2 Å². The molecule has 0 spiro atoms. The van der Waals surface area contributed by atoms with Crippen molar-refractivity contribution in [2.24, 2.45) is 0 Å². The van der Waals surface area contributed by atoms with E-state index in [4.69, 9.17) is 10.2 Å². The normalized spacial score (nSPS) is 11.1. The summed E-state index contributed by atoms with van der Waals surface area (Å²) in [6, 6.07) is 12.1. The van der Waals surface area contributed by atoms with Crippen LogP contribution in [0.25, 0.3) is 22.3 Å². The highest BCUT2D eigenvalue weighted by Crippen LogP contribution is 2.32. The highest BCUT2D eigenvalue weighted by atomic mass is 16.3. The minimum Gasteiger partial charge on any atom is -0.456 e. The highest BCUT2D eigenvalue weighted by molar-refractivity contribution is 5.89. The van der Waals surface area contributed by atoms with Gasteiger partial charge in [0, 0.05) is 28.8 Å². The Balaban J connectivity index is 2.48. The van der Waals surface area contributed by atoms with Gasteiger partial charge in [-0.25, -0.2) is 4.58 Å². The number of benzene rings is 2. The Hall–Kier alpha value is -2.29. The van der Waals surface area contributed by atoms with Crippen LogP contribution in [0.1, 0.15) is 5.56 Å². The molecular formula is C16H17N2O+. The Morgan fingerprint density at radius 1 is 1.05 bits per heavy atom. The molecule has 0 saturated carbocycles. The van der Waals surface area contributed by atoms with Crippen LogP contribution < -0.4 is 15.7 Å². The molecule has 0 bridgehead atoms. The number of anilines is 1. The standard InChI is InChI=1S/C16H16N2O/c1-10-13-6-4-11(17)8-15(13)19-16-9-12(18(2)3)5-7-14(10)16/h4-9,17H,1-3H3/p+1. The Morgan fingerprint density at radius 2 is 1.84 bits per heavy atom. The summed E-state index contributed by atoms with van der Waals surface area (Å²) in [6.45, 7) is 2.12. The fourth-order valence-electron chi connectivity index (χ4n) is 2.38. The lowest BCUT2D eigenvalue weighted by atomic mass is 10.0. The zero-order chi connectivity index (χ0) is 13.6. The zero-order valence-corrected chi connectivity index (χ0v) is 11.4. The van der Waals surface area contributed by atoms with Crippen LogP contribution in [0.5, 0.6) is 0 Å². The second kappa shape index (κ2) is 4.12. The van der Waals surface area contributed by atoms with Crippen molar-refractivity contribution in [2.75, 3.05) is 19.8 Å². The lowest BCUT2D eigenvalue weighted by Gasteiger charge is -2.11. The van der Waals surface area contributed by atoms with E-state index in [0.717, 1.165) is 33.3 Å². The molecule has 1 aliphatic carbocycles. The average molecular weight is 253 g/mol. The molecule has 2 N–H and O–H groups in total.